The highest BCUT2D eigenvalue weighted by Gasteiger charge is 2.24. The summed E-state index contributed by atoms with van der Waals surface area (Å²) in [7, 11) is 0. The average molecular weight is 339 g/mol. The predicted octanol–water partition coefficient (Wildman–Crippen LogP) is 3.96. The van der Waals surface area contributed by atoms with Gasteiger partial charge in [0.1, 0.15) is 5.82 Å². The van der Waals surface area contributed by atoms with E-state index < -0.39 is 5.92 Å². The van der Waals surface area contributed by atoms with Crippen LogP contribution in [-0.4, -0.2) is 19.1 Å². The van der Waals surface area contributed by atoms with Crippen LogP contribution in [0.25, 0.3) is 5.69 Å². The van der Waals surface area contributed by atoms with Gasteiger partial charge >= 0.3 is 0 Å². The van der Waals surface area contributed by atoms with Gasteiger partial charge in [-0.2, -0.15) is 0 Å². The molecule has 0 amide bonds. The minimum atomic E-state index is -2.85. The SMILES string of the molecule is Cc1nccn1Cc1cn(-c2cccc(C(C)(F)F)c2)cn1.Cl. The van der Waals surface area contributed by atoms with Crippen LogP contribution < -0.4 is 0 Å². The Morgan fingerprint density at radius 1 is 1.22 bits per heavy atom. The molecule has 0 fully saturated rings. The molecule has 0 bridgehead atoms. The lowest BCUT2D eigenvalue weighted by Crippen LogP contribution is -2.07. The number of imidazole rings is 2. The molecular formula is C16H17ClF2N4. The first-order valence-electron chi connectivity index (χ1n) is 6.93. The largest absolute Gasteiger partial charge is 0.329 e. The van der Waals surface area contributed by atoms with Crippen LogP contribution in [0.4, 0.5) is 8.78 Å². The summed E-state index contributed by atoms with van der Waals surface area (Å²) in [5.74, 6) is -1.95. The molecule has 1 aromatic carbocycles. The van der Waals surface area contributed by atoms with Crippen LogP contribution in [0, 0.1) is 6.92 Å². The van der Waals surface area contributed by atoms with Gasteiger partial charge in [-0.3, -0.25) is 0 Å². The van der Waals surface area contributed by atoms with Gasteiger partial charge in [-0.15, -0.1) is 12.4 Å². The average Bonchev–Trinajstić information content (AvgIpc) is 3.09. The summed E-state index contributed by atoms with van der Waals surface area (Å²) >= 11 is 0. The number of benzene rings is 1. The Kier molecular flexibility index (Phi) is 4.85. The van der Waals surface area contributed by atoms with Crippen molar-refractivity contribution in [2.75, 3.05) is 0 Å². The van der Waals surface area contributed by atoms with Gasteiger partial charge < -0.3 is 9.13 Å². The molecule has 122 valence electrons. The first-order chi connectivity index (χ1) is 10.4. The molecule has 4 nitrogen and oxygen atoms in total. The first kappa shape index (κ1) is 17.1. The molecule has 0 aliphatic heterocycles. The summed E-state index contributed by atoms with van der Waals surface area (Å²) in [6.07, 6.45) is 7.09. The van der Waals surface area contributed by atoms with E-state index in [0.29, 0.717) is 12.2 Å². The Balaban J connectivity index is 0.00000192. The van der Waals surface area contributed by atoms with E-state index >= 15 is 0 Å². The molecule has 0 spiro atoms. The third kappa shape index (κ3) is 3.76. The molecule has 0 radical (unpaired) electrons. The van der Waals surface area contributed by atoms with Crippen LogP contribution in [0.3, 0.4) is 0 Å². The van der Waals surface area contributed by atoms with E-state index in [1.54, 1.807) is 29.2 Å². The Morgan fingerprint density at radius 3 is 2.65 bits per heavy atom. The van der Waals surface area contributed by atoms with Gasteiger partial charge in [0.25, 0.3) is 5.92 Å². The van der Waals surface area contributed by atoms with Crippen molar-refractivity contribution in [2.45, 2.75) is 26.3 Å². The van der Waals surface area contributed by atoms with Crippen LogP contribution in [0.2, 0.25) is 0 Å². The normalized spacial score (nSPS) is 11.3. The highest BCUT2D eigenvalue weighted by molar-refractivity contribution is 5.85. The second-order valence-corrected chi connectivity index (χ2v) is 5.31. The molecule has 0 N–H and O–H groups in total. The maximum absolute atomic E-state index is 13.4. The van der Waals surface area contributed by atoms with E-state index in [1.165, 1.54) is 12.1 Å². The van der Waals surface area contributed by atoms with Crippen molar-refractivity contribution in [2.24, 2.45) is 0 Å². The molecule has 2 aromatic heterocycles. The molecule has 0 saturated heterocycles. The molecule has 2 heterocycles. The van der Waals surface area contributed by atoms with Crippen molar-refractivity contribution in [1.82, 2.24) is 19.1 Å². The number of halogens is 3. The zero-order chi connectivity index (χ0) is 15.7. The van der Waals surface area contributed by atoms with Crippen LogP contribution in [0.1, 0.15) is 24.0 Å². The summed E-state index contributed by atoms with van der Waals surface area (Å²) in [5, 5.41) is 0. The predicted molar refractivity (Wildman–Crippen MR) is 86.4 cm³/mol. The van der Waals surface area contributed by atoms with Gasteiger partial charge in [0.2, 0.25) is 0 Å². The number of hydrogen-bond donors (Lipinski definition) is 0. The van der Waals surface area contributed by atoms with Crippen molar-refractivity contribution in [1.29, 1.82) is 0 Å². The lowest BCUT2D eigenvalue weighted by Gasteiger charge is -2.12. The number of hydrogen-bond acceptors (Lipinski definition) is 2. The van der Waals surface area contributed by atoms with Crippen molar-refractivity contribution < 1.29 is 8.78 Å². The number of aryl methyl sites for hydroxylation is 1. The molecule has 0 atom stereocenters. The first-order valence-corrected chi connectivity index (χ1v) is 6.93. The third-order valence-corrected chi connectivity index (χ3v) is 3.54. The maximum atomic E-state index is 13.4. The number of alkyl halides is 2. The second-order valence-electron chi connectivity index (χ2n) is 5.31. The van der Waals surface area contributed by atoms with Gasteiger partial charge in [0, 0.05) is 36.8 Å². The third-order valence-electron chi connectivity index (χ3n) is 3.54. The van der Waals surface area contributed by atoms with E-state index in [1.807, 2.05) is 23.9 Å². The van der Waals surface area contributed by atoms with Crippen LogP contribution in [0.5, 0.6) is 0 Å². The molecule has 0 saturated carbocycles. The van der Waals surface area contributed by atoms with Crippen molar-refractivity contribution in [3.8, 4) is 5.69 Å². The minimum absolute atomic E-state index is 0. The lowest BCUT2D eigenvalue weighted by molar-refractivity contribution is 0.0174. The molecule has 23 heavy (non-hydrogen) atoms. The number of nitrogens with zero attached hydrogens (tertiary/aromatic N) is 4. The summed E-state index contributed by atoms with van der Waals surface area (Å²) in [6, 6.07) is 6.31. The maximum Gasteiger partial charge on any atom is 0.270 e. The smallest absolute Gasteiger partial charge is 0.270 e. The standard InChI is InChI=1S/C16H16F2N4.ClH/c1-12-19-6-7-21(12)9-14-10-22(11-20-14)15-5-3-4-13(8-15)16(2,17)18;/h3-8,10-11H,9H2,1-2H3;1H. The monoisotopic (exact) mass is 338 g/mol. The molecule has 3 aromatic rings. The molecule has 3 rings (SSSR count). The van der Waals surface area contributed by atoms with E-state index in [4.69, 9.17) is 0 Å². The van der Waals surface area contributed by atoms with Crippen molar-refractivity contribution in [3.05, 3.63) is 66.3 Å². The minimum Gasteiger partial charge on any atom is -0.329 e. The Hall–Kier alpha value is -2.21. The van der Waals surface area contributed by atoms with Crippen molar-refractivity contribution in [3.63, 3.8) is 0 Å². The Bertz CT molecular complexity index is 789. The lowest BCUT2D eigenvalue weighted by atomic mass is 10.1. The molecule has 0 unspecified atom stereocenters. The van der Waals surface area contributed by atoms with Gasteiger partial charge in [-0.1, -0.05) is 12.1 Å². The molecule has 7 heteroatoms. The molecular weight excluding hydrogens is 322 g/mol. The molecule has 0 aliphatic carbocycles. The zero-order valence-corrected chi connectivity index (χ0v) is 13.6. The summed E-state index contributed by atoms with van der Waals surface area (Å²) in [5.41, 5.74) is 1.50. The van der Waals surface area contributed by atoms with Gasteiger partial charge in [-0.25, -0.2) is 18.7 Å². The zero-order valence-electron chi connectivity index (χ0n) is 12.8. The topological polar surface area (TPSA) is 35.6 Å². The van der Waals surface area contributed by atoms with Gasteiger partial charge in [0.05, 0.1) is 18.6 Å². The summed E-state index contributed by atoms with van der Waals surface area (Å²) < 4.78 is 30.6. The van der Waals surface area contributed by atoms with Crippen LogP contribution in [-0.2, 0) is 12.5 Å². The van der Waals surface area contributed by atoms with E-state index in [-0.39, 0.29) is 18.0 Å². The van der Waals surface area contributed by atoms with Gasteiger partial charge in [-0.05, 0) is 19.1 Å². The summed E-state index contributed by atoms with van der Waals surface area (Å²) in [6.45, 7) is 3.42. The quantitative estimate of drug-likeness (QED) is 0.722. The number of rotatable bonds is 4. The molecule has 0 aliphatic rings. The highest BCUT2D eigenvalue weighted by atomic mass is 35.5. The fraction of sp³-hybridized carbons (Fsp3) is 0.250. The van der Waals surface area contributed by atoms with Gasteiger partial charge in [0.15, 0.2) is 0 Å². The number of aromatic nitrogens is 4. The summed E-state index contributed by atoms with van der Waals surface area (Å²) in [4.78, 5) is 8.49. The fourth-order valence-corrected chi connectivity index (χ4v) is 2.27. The Labute approximate surface area is 139 Å². The Morgan fingerprint density at radius 2 is 2.00 bits per heavy atom. The van der Waals surface area contributed by atoms with E-state index in [2.05, 4.69) is 9.97 Å². The van der Waals surface area contributed by atoms with Crippen LogP contribution >= 0.6 is 12.4 Å². The van der Waals surface area contributed by atoms with Crippen LogP contribution in [0.15, 0.2) is 49.2 Å². The second kappa shape index (κ2) is 6.50. The van der Waals surface area contributed by atoms with E-state index in [0.717, 1.165) is 18.4 Å². The highest BCUT2D eigenvalue weighted by Crippen LogP contribution is 2.28. The fourth-order valence-electron chi connectivity index (χ4n) is 2.27. The van der Waals surface area contributed by atoms with Crippen molar-refractivity contribution >= 4 is 12.4 Å². The van der Waals surface area contributed by atoms with E-state index in [9.17, 15) is 8.78 Å².